The van der Waals surface area contributed by atoms with Crippen molar-refractivity contribution in [1.82, 2.24) is 4.90 Å². The van der Waals surface area contributed by atoms with Gasteiger partial charge in [0.15, 0.2) is 0 Å². The molecule has 1 atom stereocenters. The average molecular weight is 366 g/mol. The normalized spacial score (nSPS) is 15.7. The zero-order chi connectivity index (χ0) is 18.9. The van der Waals surface area contributed by atoms with Crippen LogP contribution in [0.5, 0.6) is 0 Å². The quantitative estimate of drug-likeness (QED) is 0.839. The summed E-state index contributed by atoms with van der Waals surface area (Å²) in [6, 6.07) is 8.59. The number of alkyl halides is 3. The van der Waals surface area contributed by atoms with Crippen molar-refractivity contribution in [2.75, 3.05) is 6.54 Å². The maximum atomic E-state index is 13.2. The molecule has 0 aliphatic heterocycles. The molecular weight excluding hydrogens is 345 g/mol. The molecule has 1 aromatic carbocycles. The second kappa shape index (κ2) is 7.15. The summed E-state index contributed by atoms with van der Waals surface area (Å²) in [6.45, 7) is 2.26. The molecule has 1 aromatic heterocycles. The number of benzene rings is 1. The van der Waals surface area contributed by atoms with E-state index in [1.807, 2.05) is 0 Å². The lowest BCUT2D eigenvalue weighted by Gasteiger charge is -2.24. The van der Waals surface area contributed by atoms with Crippen LogP contribution in [0.4, 0.5) is 13.2 Å². The first-order chi connectivity index (χ1) is 12.3. The van der Waals surface area contributed by atoms with Crippen LogP contribution in [0, 0.1) is 5.92 Å². The predicted octanol–water partition coefficient (Wildman–Crippen LogP) is 4.05. The van der Waals surface area contributed by atoms with Crippen LogP contribution in [-0.4, -0.2) is 23.4 Å². The second-order valence-corrected chi connectivity index (χ2v) is 6.64. The van der Waals surface area contributed by atoms with E-state index in [-0.39, 0.29) is 42.3 Å². The molecular formula is C19H21F3N2O2. The van der Waals surface area contributed by atoms with Crippen LogP contribution in [0.3, 0.4) is 0 Å². The van der Waals surface area contributed by atoms with Crippen molar-refractivity contribution >= 4 is 5.91 Å². The molecule has 140 valence electrons. The van der Waals surface area contributed by atoms with E-state index in [1.165, 1.54) is 24.3 Å². The minimum Gasteiger partial charge on any atom is -0.459 e. The number of carbonyl (C=O) groups excluding carboxylic acids is 1. The number of amides is 1. The third-order valence-corrected chi connectivity index (χ3v) is 4.53. The van der Waals surface area contributed by atoms with Crippen LogP contribution in [0.15, 0.2) is 40.8 Å². The van der Waals surface area contributed by atoms with E-state index >= 15 is 0 Å². The van der Waals surface area contributed by atoms with Gasteiger partial charge in [-0.3, -0.25) is 4.79 Å². The molecule has 4 nitrogen and oxygen atoms in total. The van der Waals surface area contributed by atoms with Crippen LogP contribution >= 0.6 is 0 Å². The lowest BCUT2D eigenvalue weighted by Crippen LogP contribution is -2.38. The van der Waals surface area contributed by atoms with Gasteiger partial charge in [0.1, 0.15) is 11.5 Å². The molecule has 0 spiro atoms. The molecule has 0 bridgehead atoms. The first-order valence-electron chi connectivity index (χ1n) is 8.57. The highest BCUT2D eigenvalue weighted by atomic mass is 19.4. The Morgan fingerprint density at radius 1 is 1.27 bits per heavy atom. The molecule has 2 N–H and O–H groups in total. The van der Waals surface area contributed by atoms with Crippen molar-refractivity contribution < 1.29 is 22.4 Å². The van der Waals surface area contributed by atoms with E-state index in [0.717, 1.165) is 18.9 Å². The van der Waals surface area contributed by atoms with Crippen molar-refractivity contribution in [3.8, 4) is 11.3 Å². The summed E-state index contributed by atoms with van der Waals surface area (Å²) in [5.41, 5.74) is 4.83. The zero-order valence-electron chi connectivity index (χ0n) is 14.4. The number of hydrogen-bond donors (Lipinski definition) is 1. The summed E-state index contributed by atoms with van der Waals surface area (Å²) in [7, 11) is 0. The molecule has 7 heteroatoms. The molecule has 1 amide bonds. The molecule has 0 saturated heterocycles. The minimum absolute atomic E-state index is 0.00845. The monoisotopic (exact) mass is 366 g/mol. The SMILES string of the molecule is CC(CN)C(=O)N(Cc1ccc(-c2ccccc2C(F)(F)F)o1)C1CC1. The van der Waals surface area contributed by atoms with Crippen LogP contribution in [0.1, 0.15) is 31.1 Å². The van der Waals surface area contributed by atoms with Gasteiger partial charge in [-0.15, -0.1) is 0 Å². The molecule has 3 rings (SSSR count). The molecule has 2 aromatic rings. The van der Waals surface area contributed by atoms with Crippen molar-refractivity contribution in [1.29, 1.82) is 0 Å². The van der Waals surface area contributed by atoms with Crippen LogP contribution in [0.2, 0.25) is 0 Å². The summed E-state index contributed by atoms with van der Waals surface area (Å²) in [5, 5.41) is 0. The number of halogens is 3. The Labute approximate surface area is 149 Å². The van der Waals surface area contributed by atoms with E-state index in [0.29, 0.717) is 5.76 Å². The van der Waals surface area contributed by atoms with Gasteiger partial charge in [0.2, 0.25) is 5.91 Å². The minimum atomic E-state index is -4.46. The van der Waals surface area contributed by atoms with Gasteiger partial charge in [0.05, 0.1) is 12.1 Å². The molecule has 1 fully saturated rings. The fourth-order valence-corrected chi connectivity index (χ4v) is 2.88. The van der Waals surface area contributed by atoms with Crippen molar-refractivity contribution in [2.24, 2.45) is 11.7 Å². The molecule has 1 saturated carbocycles. The summed E-state index contributed by atoms with van der Waals surface area (Å²) >= 11 is 0. The maximum absolute atomic E-state index is 13.2. The van der Waals surface area contributed by atoms with Gasteiger partial charge < -0.3 is 15.1 Å². The fourth-order valence-electron chi connectivity index (χ4n) is 2.88. The number of hydrogen-bond acceptors (Lipinski definition) is 3. The summed E-state index contributed by atoms with van der Waals surface area (Å²) < 4.78 is 45.2. The van der Waals surface area contributed by atoms with Crippen LogP contribution < -0.4 is 5.73 Å². The smallest absolute Gasteiger partial charge is 0.417 e. The highest BCUT2D eigenvalue weighted by molar-refractivity contribution is 5.79. The van der Waals surface area contributed by atoms with E-state index in [1.54, 1.807) is 17.9 Å². The Kier molecular flexibility index (Phi) is 5.09. The Morgan fingerprint density at radius 2 is 1.96 bits per heavy atom. The number of rotatable bonds is 6. The molecule has 1 aliphatic rings. The second-order valence-electron chi connectivity index (χ2n) is 6.64. The molecule has 26 heavy (non-hydrogen) atoms. The molecule has 1 heterocycles. The molecule has 0 radical (unpaired) electrons. The van der Waals surface area contributed by atoms with Crippen molar-refractivity contribution in [3.05, 3.63) is 47.7 Å². The Morgan fingerprint density at radius 3 is 2.58 bits per heavy atom. The van der Waals surface area contributed by atoms with E-state index in [4.69, 9.17) is 10.2 Å². The molecule has 1 aliphatic carbocycles. The standard InChI is InChI=1S/C19H21F3N2O2/c1-12(10-23)18(25)24(13-6-7-13)11-14-8-9-17(26-14)15-4-2-3-5-16(15)19(20,21)22/h2-5,8-9,12-13H,6-7,10-11,23H2,1H3. The van der Waals surface area contributed by atoms with Crippen LogP contribution in [-0.2, 0) is 17.5 Å². The largest absolute Gasteiger partial charge is 0.459 e. The number of nitrogens with two attached hydrogens (primary N) is 1. The van der Waals surface area contributed by atoms with Crippen molar-refractivity contribution in [2.45, 2.75) is 38.5 Å². The number of nitrogens with zero attached hydrogens (tertiary/aromatic N) is 1. The third-order valence-electron chi connectivity index (χ3n) is 4.53. The zero-order valence-corrected chi connectivity index (χ0v) is 14.4. The number of carbonyl (C=O) groups is 1. The third kappa shape index (κ3) is 3.93. The van der Waals surface area contributed by atoms with Crippen LogP contribution in [0.25, 0.3) is 11.3 Å². The Hall–Kier alpha value is -2.28. The highest BCUT2D eigenvalue weighted by Crippen LogP contribution is 2.38. The first-order valence-corrected chi connectivity index (χ1v) is 8.57. The summed E-state index contributed by atoms with van der Waals surface area (Å²) in [5.74, 6) is 0.254. The van der Waals surface area contributed by atoms with E-state index in [9.17, 15) is 18.0 Å². The van der Waals surface area contributed by atoms with Gasteiger partial charge in [-0.2, -0.15) is 13.2 Å². The Bertz CT molecular complexity index is 781. The summed E-state index contributed by atoms with van der Waals surface area (Å²) in [6.07, 6.45) is -2.61. The van der Waals surface area contributed by atoms with Gasteiger partial charge in [-0.25, -0.2) is 0 Å². The van der Waals surface area contributed by atoms with E-state index < -0.39 is 11.7 Å². The maximum Gasteiger partial charge on any atom is 0.417 e. The summed E-state index contributed by atoms with van der Waals surface area (Å²) in [4.78, 5) is 14.2. The van der Waals surface area contributed by atoms with Gasteiger partial charge >= 0.3 is 6.18 Å². The number of furan rings is 1. The lowest BCUT2D eigenvalue weighted by molar-refractivity contribution is -0.137. The topological polar surface area (TPSA) is 59.5 Å². The highest BCUT2D eigenvalue weighted by Gasteiger charge is 2.36. The predicted molar refractivity (Wildman–Crippen MR) is 90.9 cm³/mol. The first kappa shape index (κ1) is 18.5. The fraction of sp³-hybridized carbons (Fsp3) is 0.421. The lowest BCUT2D eigenvalue weighted by atomic mass is 10.1. The van der Waals surface area contributed by atoms with E-state index in [2.05, 4.69) is 0 Å². The van der Waals surface area contributed by atoms with Gasteiger partial charge in [0.25, 0.3) is 0 Å². The Balaban J connectivity index is 1.83. The van der Waals surface area contributed by atoms with Gasteiger partial charge in [-0.05, 0) is 31.0 Å². The van der Waals surface area contributed by atoms with Gasteiger partial charge in [-0.1, -0.05) is 25.1 Å². The molecule has 1 unspecified atom stereocenters. The average Bonchev–Trinajstić information content (AvgIpc) is 3.35. The van der Waals surface area contributed by atoms with Crippen molar-refractivity contribution in [3.63, 3.8) is 0 Å². The van der Waals surface area contributed by atoms with Gasteiger partial charge in [0, 0.05) is 24.1 Å².